The van der Waals surface area contributed by atoms with E-state index in [1.165, 1.54) is 12.7 Å². The van der Waals surface area contributed by atoms with E-state index in [4.69, 9.17) is 0 Å². The molecule has 1 aliphatic rings. The Morgan fingerprint density at radius 3 is 3.21 bits per heavy atom. The average molecular weight is 261 g/mol. The van der Waals surface area contributed by atoms with Gasteiger partial charge in [0.1, 0.15) is 5.82 Å². The van der Waals surface area contributed by atoms with Gasteiger partial charge >= 0.3 is 5.97 Å². The van der Waals surface area contributed by atoms with E-state index in [9.17, 15) is 4.79 Å². The molecule has 0 saturated carbocycles. The van der Waals surface area contributed by atoms with Gasteiger partial charge < -0.3 is 15.4 Å². The van der Waals surface area contributed by atoms with Crippen LogP contribution < -0.4 is 10.6 Å². The number of aromatic nitrogens is 1. The van der Waals surface area contributed by atoms with Gasteiger partial charge in [-0.1, -0.05) is 11.6 Å². The van der Waals surface area contributed by atoms with Gasteiger partial charge in [0.25, 0.3) is 0 Å². The molecule has 0 saturated heterocycles. The third kappa shape index (κ3) is 4.06. The highest BCUT2D eigenvalue weighted by Crippen LogP contribution is 2.11. The summed E-state index contributed by atoms with van der Waals surface area (Å²) in [6.45, 7) is 2.84. The number of carbonyl (C=O) groups is 1. The molecule has 102 valence electrons. The lowest BCUT2D eigenvalue weighted by Gasteiger charge is -2.14. The molecule has 0 spiro atoms. The van der Waals surface area contributed by atoms with E-state index in [1.54, 1.807) is 18.3 Å². The lowest BCUT2D eigenvalue weighted by molar-refractivity contribution is 0.0600. The minimum atomic E-state index is -0.341. The predicted octanol–water partition coefficient (Wildman–Crippen LogP) is 1.59. The molecule has 0 unspecified atom stereocenters. The number of rotatable bonds is 5. The summed E-state index contributed by atoms with van der Waals surface area (Å²) in [5.41, 5.74) is 1.98. The van der Waals surface area contributed by atoms with E-state index in [0.29, 0.717) is 11.4 Å². The van der Waals surface area contributed by atoms with Crippen LogP contribution >= 0.6 is 0 Å². The van der Waals surface area contributed by atoms with Gasteiger partial charge in [-0.15, -0.1) is 0 Å². The summed E-state index contributed by atoms with van der Waals surface area (Å²) >= 11 is 0. The van der Waals surface area contributed by atoms with Crippen molar-refractivity contribution in [2.24, 2.45) is 0 Å². The molecule has 2 heterocycles. The first-order valence-electron chi connectivity index (χ1n) is 6.46. The Morgan fingerprint density at radius 1 is 1.58 bits per heavy atom. The van der Waals surface area contributed by atoms with Gasteiger partial charge in [-0.05, 0) is 31.5 Å². The average Bonchev–Trinajstić information content (AvgIpc) is 2.48. The summed E-state index contributed by atoms with van der Waals surface area (Å²) in [7, 11) is 1.37. The van der Waals surface area contributed by atoms with Crippen molar-refractivity contribution in [3.8, 4) is 0 Å². The molecule has 0 aliphatic carbocycles. The summed E-state index contributed by atoms with van der Waals surface area (Å²) in [6.07, 6.45) is 5.96. The summed E-state index contributed by atoms with van der Waals surface area (Å²) in [5, 5.41) is 6.52. The normalized spacial score (nSPS) is 14.7. The van der Waals surface area contributed by atoms with E-state index in [-0.39, 0.29) is 5.97 Å². The standard InChI is InChI=1S/C14H19N3O2/c1-19-14(18)12-5-9-17-13(10-12)16-8-4-11-2-6-15-7-3-11/h2,5,9-10,15H,3-4,6-8H2,1H3,(H,16,17). The Kier molecular flexibility index (Phi) is 4.92. The smallest absolute Gasteiger partial charge is 0.338 e. The molecule has 0 fully saturated rings. The van der Waals surface area contributed by atoms with E-state index in [2.05, 4.69) is 26.4 Å². The van der Waals surface area contributed by atoms with Crippen molar-refractivity contribution >= 4 is 11.8 Å². The first-order valence-corrected chi connectivity index (χ1v) is 6.46. The van der Waals surface area contributed by atoms with Gasteiger partial charge in [0, 0.05) is 19.3 Å². The number of anilines is 1. The fourth-order valence-corrected chi connectivity index (χ4v) is 2.02. The zero-order valence-corrected chi connectivity index (χ0v) is 11.1. The highest BCUT2D eigenvalue weighted by atomic mass is 16.5. The van der Waals surface area contributed by atoms with Crippen LogP contribution in [0.3, 0.4) is 0 Å². The van der Waals surface area contributed by atoms with Crippen LogP contribution in [0.5, 0.6) is 0 Å². The summed E-state index contributed by atoms with van der Waals surface area (Å²) in [4.78, 5) is 15.6. The Labute approximate surface area is 113 Å². The molecule has 0 radical (unpaired) electrons. The van der Waals surface area contributed by atoms with Crippen LogP contribution in [0.2, 0.25) is 0 Å². The first-order chi connectivity index (χ1) is 9.29. The summed E-state index contributed by atoms with van der Waals surface area (Å²) < 4.78 is 4.68. The number of methoxy groups -OCH3 is 1. The fraction of sp³-hybridized carbons (Fsp3) is 0.429. The van der Waals surface area contributed by atoms with E-state index in [1.807, 2.05) is 0 Å². The zero-order chi connectivity index (χ0) is 13.5. The molecule has 19 heavy (non-hydrogen) atoms. The van der Waals surface area contributed by atoms with Crippen molar-refractivity contribution in [3.63, 3.8) is 0 Å². The largest absolute Gasteiger partial charge is 0.465 e. The third-order valence-corrected chi connectivity index (χ3v) is 3.09. The minimum Gasteiger partial charge on any atom is -0.465 e. The van der Waals surface area contributed by atoms with Crippen molar-refractivity contribution in [1.82, 2.24) is 10.3 Å². The van der Waals surface area contributed by atoms with Crippen molar-refractivity contribution in [3.05, 3.63) is 35.5 Å². The quantitative estimate of drug-likeness (QED) is 0.622. The molecule has 2 rings (SSSR count). The topological polar surface area (TPSA) is 63.2 Å². The Morgan fingerprint density at radius 2 is 2.47 bits per heavy atom. The van der Waals surface area contributed by atoms with Crippen molar-refractivity contribution in [2.75, 3.05) is 32.1 Å². The molecule has 1 aliphatic heterocycles. The maximum absolute atomic E-state index is 11.4. The Bertz CT molecular complexity index is 472. The SMILES string of the molecule is COC(=O)c1ccnc(NCCC2=CCNCC2)c1. The van der Waals surface area contributed by atoms with Crippen molar-refractivity contribution < 1.29 is 9.53 Å². The van der Waals surface area contributed by atoms with Crippen molar-refractivity contribution in [2.45, 2.75) is 12.8 Å². The lowest BCUT2D eigenvalue weighted by Crippen LogP contribution is -2.21. The molecule has 1 aromatic heterocycles. The maximum atomic E-state index is 11.4. The van der Waals surface area contributed by atoms with Crippen LogP contribution in [0.4, 0.5) is 5.82 Å². The number of nitrogens with zero attached hydrogens (tertiary/aromatic N) is 1. The fourth-order valence-electron chi connectivity index (χ4n) is 2.02. The Balaban J connectivity index is 1.85. The second-order valence-electron chi connectivity index (χ2n) is 4.41. The van der Waals surface area contributed by atoms with E-state index < -0.39 is 0 Å². The third-order valence-electron chi connectivity index (χ3n) is 3.09. The molecule has 5 heteroatoms. The second kappa shape index (κ2) is 6.89. The highest BCUT2D eigenvalue weighted by Gasteiger charge is 2.06. The molecule has 5 nitrogen and oxygen atoms in total. The van der Waals surface area contributed by atoms with Gasteiger partial charge in [-0.2, -0.15) is 0 Å². The van der Waals surface area contributed by atoms with Crippen LogP contribution in [0.1, 0.15) is 23.2 Å². The van der Waals surface area contributed by atoms with Crippen LogP contribution in [-0.2, 0) is 4.74 Å². The highest BCUT2D eigenvalue weighted by molar-refractivity contribution is 5.89. The van der Waals surface area contributed by atoms with Gasteiger partial charge in [-0.3, -0.25) is 0 Å². The number of esters is 1. The van der Waals surface area contributed by atoms with E-state index >= 15 is 0 Å². The monoisotopic (exact) mass is 261 g/mol. The van der Waals surface area contributed by atoms with E-state index in [0.717, 1.165) is 32.5 Å². The molecule has 0 aromatic carbocycles. The molecule has 0 bridgehead atoms. The lowest BCUT2D eigenvalue weighted by atomic mass is 10.1. The number of pyridine rings is 1. The van der Waals surface area contributed by atoms with Crippen LogP contribution in [-0.4, -0.2) is 37.7 Å². The Hall–Kier alpha value is -1.88. The first kappa shape index (κ1) is 13.5. The number of hydrogen-bond donors (Lipinski definition) is 2. The van der Waals surface area contributed by atoms with Crippen LogP contribution in [0, 0.1) is 0 Å². The zero-order valence-electron chi connectivity index (χ0n) is 11.1. The number of hydrogen-bond acceptors (Lipinski definition) is 5. The molecular formula is C14H19N3O2. The van der Waals surface area contributed by atoms with Crippen LogP contribution in [0.15, 0.2) is 30.0 Å². The number of carbonyl (C=O) groups excluding carboxylic acids is 1. The minimum absolute atomic E-state index is 0.341. The van der Waals surface area contributed by atoms with Gasteiger partial charge in [0.15, 0.2) is 0 Å². The number of ether oxygens (including phenoxy) is 1. The van der Waals surface area contributed by atoms with Crippen LogP contribution in [0.25, 0.3) is 0 Å². The molecular weight excluding hydrogens is 242 g/mol. The van der Waals surface area contributed by atoms with Gasteiger partial charge in [0.2, 0.25) is 0 Å². The number of nitrogens with one attached hydrogen (secondary N) is 2. The molecule has 2 N–H and O–H groups in total. The van der Waals surface area contributed by atoms with Crippen molar-refractivity contribution in [1.29, 1.82) is 0 Å². The molecule has 0 atom stereocenters. The summed E-state index contributed by atoms with van der Waals surface area (Å²) in [5.74, 6) is 0.365. The van der Waals surface area contributed by atoms with Gasteiger partial charge in [0.05, 0.1) is 12.7 Å². The second-order valence-corrected chi connectivity index (χ2v) is 4.41. The summed E-state index contributed by atoms with van der Waals surface area (Å²) in [6, 6.07) is 3.36. The predicted molar refractivity (Wildman–Crippen MR) is 74.3 cm³/mol. The molecule has 0 amide bonds. The van der Waals surface area contributed by atoms with Gasteiger partial charge in [-0.25, -0.2) is 9.78 Å². The molecule has 1 aromatic rings. The maximum Gasteiger partial charge on any atom is 0.338 e.